The van der Waals surface area contributed by atoms with Crippen LogP contribution in [0.25, 0.3) is 0 Å². The van der Waals surface area contributed by atoms with Crippen molar-refractivity contribution in [3.05, 3.63) is 22.5 Å². The number of anilines is 1. The summed E-state index contributed by atoms with van der Waals surface area (Å²) in [6.45, 7) is 5.76. The number of aromatic nitrogens is 1. The molecule has 1 saturated heterocycles. The summed E-state index contributed by atoms with van der Waals surface area (Å²) in [5, 5.41) is 12.6. The van der Waals surface area contributed by atoms with Gasteiger partial charge < -0.3 is 15.1 Å². The number of urea groups is 1. The molecule has 0 saturated carbocycles. The SMILES string of the molecule is CCc1c(N2CCC(C)C(NC(=O)N(C)C)C2)cnc(C#N)c1Cl. The van der Waals surface area contributed by atoms with Gasteiger partial charge in [-0.05, 0) is 24.3 Å². The maximum absolute atomic E-state index is 12.0. The summed E-state index contributed by atoms with van der Waals surface area (Å²) in [6.07, 6.45) is 3.43. The van der Waals surface area contributed by atoms with Crippen LogP contribution in [-0.2, 0) is 6.42 Å². The molecule has 1 aromatic heterocycles. The van der Waals surface area contributed by atoms with Crippen LogP contribution in [0, 0.1) is 17.2 Å². The molecule has 130 valence electrons. The highest BCUT2D eigenvalue weighted by atomic mass is 35.5. The molecule has 2 amide bonds. The van der Waals surface area contributed by atoms with Crippen molar-refractivity contribution in [2.75, 3.05) is 32.1 Å². The van der Waals surface area contributed by atoms with Gasteiger partial charge in [-0.2, -0.15) is 5.26 Å². The Balaban J connectivity index is 2.25. The molecule has 0 aromatic carbocycles. The van der Waals surface area contributed by atoms with Crippen LogP contribution in [-0.4, -0.2) is 49.1 Å². The van der Waals surface area contributed by atoms with Gasteiger partial charge in [-0.3, -0.25) is 0 Å². The second-order valence-electron chi connectivity index (χ2n) is 6.41. The van der Waals surface area contributed by atoms with Gasteiger partial charge in [0.05, 0.1) is 22.9 Å². The fourth-order valence-electron chi connectivity index (χ4n) is 2.97. The smallest absolute Gasteiger partial charge is 0.317 e. The van der Waals surface area contributed by atoms with Gasteiger partial charge in [-0.25, -0.2) is 9.78 Å². The van der Waals surface area contributed by atoms with Gasteiger partial charge in [0.15, 0.2) is 5.69 Å². The third-order valence-corrected chi connectivity index (χ3v) is 4.98. The van der Waals surface area contributed by atoms with Gasteiger partial charge in [0.25, 0.3) is 0 Å². The molecule has 0 aliphatic carbocycles. The summed E-state index contributed by atoms with van der Waals surface area (Å²) in [5.41, 5.74) is 2.16. The Morgan fingerprint density at radius 1 is 1.58 bits per heavy atom. The van der Waals surface area contributed by atoms with Gasteiger partial charge in [-0.15, -0.1) is 0 Å². The number of nitrogens with zero attached hydrogens (tertiary/aromatic N) is 4. The molecule has 7 heteroatoms. The average molecular weight is 350 g/mol. The molecule has 2 unspecified atom stereocenters. The summed E-state index contributed by atoms with van der Waals surface area (Å²) in [4.78, 5) is 19.9. The standard InChI is InChI=1S/C17H24ClN5O/c1-5-12-15(9-20-13(8-19)16(12)18)23-7-6-11(2)14(10-23)21-17(24)22(3)4/h9,11,14H,5-7,10H2,1-4H3,(H,21,24). The second-order valence-corrected chi connectivity index (χ2v) is 6.79. The minimum Gasteiger partial charge on any atom is -0.368 e. The Morgan fingerprint density at radius 2 is 2.29 bits per heavy atom. The number of rotatable bonds is 3. The lowest BCUT2D eigenvalue weighted by molar-refractivity contribution is 0.205. The molecule has 2 rings (SSSR count). The molecule has 2 atom stereocenters. The number of pyridine rings is 1. The number of nitrogens with one attached hydrogen (secondary N) is 1. The number of hydrogen-bond donors (Lipinski definition) is 1. The lowest BCUT2D eigenvalue weighted by Gasteiger charge is -2.39. The fraction of sp³-hybridized carbons (Fsp3) is 0.588. The number of carbonyl (C=O) groups excluding carboxylic acids is 1. The zero-order valence-electron chi connectivity index (χ0n) is 14.6. The highest BCUT2D eigenvalue weighted by Crippen LogP contribution is 2.32. The van der Waals surface area contributed by atoms with Crippen molar-refractivity contribution in [1.29, 1.82) is 5.26 Å². The predicted octanol–water partition coefficient (Wildman–Crippen LogP) is 2.66. The molecule has 0 spiro atoms. The monoisotopic (exact) mass is 349 g/mol. The number of halogens is 1. The lowest BCUT2D eigenvalue weighted by Crippen LogP contribution is -2.54. The van der Waals surface area contributed by atoms with E-state index in [2.05, 4.69) is 22.1 Å². The van der Waals surface area contributed by atoms with E-state index in [1.165, 1.54) is 0 Å². The summed E-state index contributed by atoms with van der Waals surface area (Å²) < 4.78 is 0. The van der Waals surface area contributed by atoms with Crippen molar-refractivity contribution < 1.29 is 4.79 Å². The lowest BCUT2D eigenvalue weighted by atomic mass is 9.92. The van der Waals surface area contributed by atoms with Crippen LogP contribution in [0.3, 0.4) is 0 Å². The average Bonchev–Trinajstić information content (AvgIpc) is 2.56. The molecule has 1 aliphatic heterocycles. The first-order chi connectivity index (χ1) is 11.4. The molecule has 0 radical (unpaired) electrons. The fourth-order valence-corrected chi connectivity index (χ4v) is 3.29. The van der Waals surface area contributed by atoms with Gasteiger partial charge in [0.1, 0.15) is 6.07 Å². The van der Waals surface area contributed by atoms with Crippen LogP contribution >= 0.6 is 11.6 Å². The van der Waals surface area contributed by atoms with E-state index in [1.807, 2.05) is 13.0 Å². The molecule has 2 heterocycles. The maximum Gasteiger partial charge on any atom is 0.317 e. The molecule has 1 N–H and O–H groups in total. The van der Waals surface area contributed by atoms with E-state index in [9.17, 15) is 4.79 Å². The maximum atomic E-state index is 12.0. The first-order valence-corrected chi connectivity index (χ1v) is 8.57. The quantitative estimate of drug-likeness (QED) is 0.910. The molecule has 6 nitrogen and oxygen atoms in total. The van der Waals surface area contributed by atoms with E-state index >= 15 is 0 Å². The van der Waals surface area contributed by atoms with E-state index in [0.29, 0.717) is 17.5 Å². The highest BCUT2D eigenvalue weighted by molar-refractivity contribution is 6.32. The van der Waals surface area contributed by atoms with Crippen LogP contribution in [0.4, 0.5) is 10.5 Å². The minimum absolute atomic E-state index is 0.0628. The number of amides is 2. The van der Waals surface area contributed by atoms with Crippen molar-refractivity contribution in [3.63, 3.8) is 0 Å². The predicted molar refractivity (Wildman–Crippen MR) is 95.3 cm³/mol. The largest absolute Gasteiger partial charge is 0.368 e. The Bertz CT molecular complexity index is 655. The number of piperidine rings is 1. The first-order valence-electron chi connectivity index (χ1n) is 8.19. The Kier molecular flexibility index (Phi) is 5.89. The van der Waals surface area contributed by atoms with Gasteiger partial charge >= 0.3 is 6.03 Å². The minimum atomic E-state index is -0.0830. The van der Waals surface area contributed by atoms with E-state index in [0.717, 1.165) is 30.6 Å². The van der Waals surface area contributed by atoms with Crippen molar-refractivity contribution in [2.24, 2.45) is 5.92 Å². The van der Waals surface area contributed by atoms with E-state index in [4.69, 9.17) is 16.9 Å². The third kappa shape index (κ3) is 3.73. The topological polar surface area (TPSA) is 72.3 Å². The Hall–Kier alpha value is -2.00. The molecular formula is C17H24ClN5O. The first kappa shape index (κ1) is 18.3. The van der Waals surface area contributed by atoms with Gasteiger partial charge in [0.2, 0.25) is 0 Å². The molecule has 24 heavy (non-hydrogen) atoms. The van der Waals surface area contributed by atoms with Crippen molar-refractivity contribution in [1.82, 2.24) is 15.2 Å². The number of carbonyl (C=O) groups is 1. The normalized spacial score (nSPS) is 20.4. The summed E-state index contributed by atoms with van der Waals surface area (Å²) in [7, 11) is 3.47. The highest BCUT2D eigenvalue weighted by Gasteiger charge is 2.29. The van der Waals surface area contributed by atoms with Gasteiger partial charge in [0, 0.05) is 27.2 Å². The van der Waals surface area contributed by atoms with E-state index in [1.54, 1.807) is 25.2 Å². The van der Waals surface area contributed by atoms with Crippen molar-refractivity contribution in [2.45, 2.75) is 32.7 Å². The van der Waals surface area contributed by atoms with E-state index in [-0.39, 0.29) is 17.8 Å². The zero-order valence-corrected chi connectivity index (χ0v) is 15.4. The second kappa shape index (κ2) is 7.71. The summed E-state index contributed by atoms with van der Waals surface area (Å²) in [5.74, 6) is 0.400. The molecule has 1 aromatic rings. The van der Waals surface area contributed by atoms with E-state index < -0.39 is 0 Å². The van der Waals surface area contributed by atoms with Crippen molar-refractivity contribution in [3.8, 4) is 6.07 Å². The molecule has 1 fully saturated rings. The summed E-state index contributed by atoms with van der Waals surface area (Å²) in [6, 6.07) is 2.01. The molecule has 0 bridgehead atoms. The molecular weight excluding hydrogens is 326 g/mol. The van der Waals surface area contributed by atoms with Crippen LogP contribution < -0.4 is 10.2 Å². The molecule has 1 aliphatic rings. The van der Waals surface area contributed by atoms with Crippen molar-refractivity contribution >= 4 is 23.3 Å². The van der Waals surface area contributed by atoms with Crippen LogP contribution in [0.1, 0.15) is 31.5 Å². The van der Waals surface area contributed by atoms with Gasteiger partial charge in [-0.1, -0.05) is 25.4 Å². The number of nitriles is 1. The Morgan fingerprint density at radius 3 is 2.88 bits per heavy atom. The zero-order chi connectivity index (χ0) is 17.9. The van der Waals surface area contributed by atoms with Crippen LogP contribution in [0.5, 0.6) is 0 Å². The third-order valence-electron chi connectivity index (χ3n) is 4.57. The van der Waals surface area contributed by atoms with Crippen LogP contribution in [0.2, 0.25) is 5.02 Å². The Labute approximate surface area is 148 Å². The van der Waals surface area contributed by atoms with Crippen LogP contribution in [0.15, 0.2) is 6.20 Å². The number of hydrogen-bond acceptors (Lipinski definition) is 4. The summed E-state index contributed by atoms with van der Waals surface area (Å²) >= 11 is 6.34.